The van der Waals surface area contributed by atoms with Crippen molar-refractivity contribution in [1.29, 1.82) is 0 Å². The molecule has 0 aliphatic rings. The van der Waals surface area contributed by atoms with Gasteiger partial charge in [0.25, 0.3) is 0 Å². The van der Waals surface area contributed by atoms with Crippen molar-refractivity contribution in [3.63, 3.8) is 0 Å². The first-order chi connectivity index (χ1) is 11.6. The van der Waals surface area contributed by atoms with Crippen LogP contribution < -0.4 is 0 Å². The Bertz CT molecular complexity index is 889. The van der Waals surface area contributed by atoms with Crippen molar-refractivity contribution in [3.05, 3.63) is 59.6 Å². The van der Waals surface area contributed by atoms with Crippen LogP contribution in [0.1, 0.15) is 23.8 Å². The molecule has 0 aliphatic heterocycles. The summed E-state index contributed by atoms with van der Waals surface area (Å²) in [6, 6.07) is 7.89. The average molecular weight is 323 g/mol. The van der Waals surface area contributed by atoms with Crippen molar-refractivity contribution in [2.24, 2.45) is 7.05 Å². The van der Waals surface area contributed by atoms with Gasteiger partial charge in [0.2, 0.25) is 5.91 Å². The molecule has 3 rings (SSSR count). The number of para-hydroxylation sites is 1. The van der Waals surface area contributed by atoms with Crippen LogP contribution in [0.25, 0.3) is 17.0 Å². The molecular formula is C19H21N3O2. The van der Waals surface area contributed by atoms with Crippen LogP contribution >= 0.6 is 0 Å². The Kier molecular flexibility index (Phi) is 4.51. The fourth-order valence-electron chi connectivity index (χ4n) is 2.75. The summed E-state index contributed by atoms with van der Waals surface area (Å²) in [4.78, 5) is 14.0. The van der Waals surface area contributed by atoms with Gasteiger partial charge in [0.15, 0.2) is 0 Å². The largest absolute Gasteiger partial charge is 0.460 e. The SMILES string of the molecule is CCc1oc2ccccc2c1/C=C/C(=O)N(C)Cc1cnn(C)c1. The number of furan rings is 1. The van der Waals surface area contributed by atoms with E-state index in [1.54, 1.807) is 28.9 Å². The van der Waals surface area contributed by atoms with Crippen LogP contribution in [0.5, 0.6) is 0 Å². The van der Waals surface area contributed by atoms with Crippen LogP contribution in [0.4, 0.5) is 0 Å². The Morgan fingerprint density at radius 2 is 2.17 bits per heavy atom. The molecule has 5 nitrogen and oxygen atoms in total. The summed E-state index contributed by atoms with van der Waals surface area (Å²) in [6.45, 7) is 2.58. The van der Waals surface area contributed by atoms with Gasteiger partial charge in [-0.05, 0) is 12.1 Å². The molecule has 0 aliphatic carbocycles. The van der Waals surface area contributed by atoms with Crippen molar-refractivity contribution in [3.8, 4) is 0 Å². The smallest absolute Gasteiger partial charge is 0.246 e. The molecule has 0 unspecified atom stereocenters. The maximum atomic E-state index is 12.4. The van der Waals surface area contributed by atoms with Crippen LogP contribution in [-0.4, -0.2) is 27.6 Å². The lowest BCUT2D eigenvalue weighted by molar-refractivity contribution is -0.125. The molecule has 5 heteroatoms. The minimum absolute atomic E-state index is 0.0498. The third kappa shape index (κ3) is 3.25. The van der Waals surface area contributed by atoms with E-state index in [1.807, 2.05) is 50.5 Å². The Hall–Kier alpha value is -2.82. The molecule has 24 heavy (non-hydrogen) atoms. The van der Waals surface area contributed by atoms with Crippen LogP contribution in [0.3, 0.4) is 0 Å². The van der Waals surface area contributed by atoms with Gasteiger partial charge in [-0.3, -0.25) is 9.48 Å². The van der Waals surface area contributed by atoms with E-state index in [4.69, 9.17) is 4.42 Å². The molecule has 0 bridgehead atoms. The highest BCUT2D eigenvalue weighted by atomic mass is 16.3. The number of rotatable bonds is 5. The lowest BCUT2D eigenvalue weighted by Crippen LogP contribution is -2.23. The minimum atomic E-state index is -0.0498. The van der Waals surface area contributed by atoms with Crippen molar-refractivity contribution < 1.29 is 9.21 Å². The van der Waals surface area contributed by atoms with Crippen LogP contribution in [0.15, 0.2) is 47.2 Å². The van der Waals surface area contributed by atoms with Crippen molar-refractivity contribution in [1.82, 2.24) is 14.7 Å². The molecule has 0 fully saturated rings. The molecule has 0 N–H and O–H groups in total. The molecule has 0 radical (unpaired) electrons. The van der Waals surface area contributed by atoms with Gasteiger partial charge in [-0.25, -0.2) is 0 Å². The maximum Gasteiger partial charge on any atom is 0.246 e. The number of nitrogens with zero attached hydrogens (tertiary/aromatic N) is 3. The normalized spacial score (nSPS) is 11.5. The molecule has 3 aromatic rings. The Labute approximate surface area is 141 Å². The van der Waals surface area contributed by atoms with E-state index in [1.165, 1.54) is 0 Å². The molecule has 2 heterocycles. The Balaban J connectivity index is 1.78. The number of amides is 1. The number of benzene rings is 1. The standard InChI is InChI=1S/C19H21N3O2/c1-4-17-16(15-7-5-6-8-18(15)24-17)9-10-19(23)21(2)12-14-11-20-22(3)13-14/h5-11,13H,4,12H2,1-3H3/b10-9+. The van der Waals surface area contributed by atoms with E-state index < -0.39 is 0 Å². The summed E-state index contributed by atoms with van der Waals surface area (Å²) in [5, 5.41) is 5.16. The van der Waals surface area contributed by atoms with Gasteiger partial charge >= 0.3 is 0 Å². The molecule has 124 valence electrons. The van der Waals surface area contributed by atoms with Crippen molar-refractivity contribution >= 4 is 23.0 Å². The Morgan fingerprint density at radius 1 is 1.38 bits per heavy atom. The second-order valence-electron chi connectivity index (χ2n) is 5.84. The van der Waals surface area contributed by atoms with Gasteiger partial charge in [-0.1, -0.05) is 25.1 Å². The van der Waals surface area contributed by atoms with Gasteiger partial charge in [0.1, 0.15) is 11.3 Å². The third-order valence-corrected chi connectivity index (χ3v) is 3.98. The summed E-state index contributed by atoms with van der Waals surface area (Å²) in [7, 11) is 3.65. The second kappa shape index (κ2) is 6.74. The van der Waals surface area contributed by atoms with Gasteiger partial charge in [-0.2, -0.15) is 5.10 Å². The summed E-state index contributed by atoms with van der Waals surface area (Å²) < 4.78 is 7.58. The first kappa shape index (κ1) is 16.1. The number of fused-ring (bicyclic) bond motifs is 1. The highest BCUT2D eigenvalue weighted by molar-refractivity contribution is 5.96. The molecule has 1 amide bonds. The fraction of sp³-hybridized carbons (Fsp3) is 0.263. The van der Waals surface area contributed by atoms with Gasteiger partial charge in [-0.15, -0.1) is 0 Å². The predicted octanol–water partition coefficient (Wildman–Crippen LogP) is 3.40. The zero-order chi connectivity index (χ0) is 17.1. The minimum Gasteiger partial charge on any atom is -0.460 e. The Morgan fingerprint density at radius 3 is 2.88 bits per heavy atom. The van der Waals surface area contributed by atoms with Gasteiger partial charge < -0.3 is 9.32 Å². The molecular weight excluding hydrogens is 302 g/mol. The van der Waals surface area contributed by atoms with Crippen LogP contribution in [-0.2, 0) is 24.8 Å². The monoisotopic (exact) mass is 323 g/mol. The lowest BCUT2D eigenvalue weighted by atomic mass is 10.1. The summed E-state index contributed by atoms with van der Waals surface area (Å²) in [5.74, 6) is 0.848. The molecule has 0 saturated carbocycles. The topological polar surface area (TPSA) is 51.3 Å². The number of aromatic nitrogens is 2. The number of aryl methyl sites for hydroxylation is 2. The first-order valence-electron chi connectivity index (χ1n) is 7.99. The van der Waals surface area contributed by atoms with E-state index in [-0.39, 0.29) is 5.91 Å². The van der Waals surface area contributed by atoms with Crippen molar-refractivity contribution in [2.45, 2.75) is 19.9 Å². The van der Waals surface area contributed by atoms with E-state index in [0.717, 1.165) is 34.3 Å². The molecule has 0 spiro atoms. The lowest BCUT2D eigenvalue weighted by Gasteiger charge is -2.13. The van der Waals surface area contributed by atoms with Crippen LogP contribution in [0.2, 0.25) is 0 Å². The van der Waals surface area contributed by atoms with Crippen LogP contribution in [0, 0.1) is 0 Å². The van der Waals surface area contributed by atoms with Gasteiger partial charge in [0.05, 0.1) is 6.20 Å². The molecule has 0 saturated heterocycles. The summed E-state index contributed by atoms with van der Waals surface area (Å²) in [5.41, 5.74) is 2.84. The second-order valence-corrected chi connectivity index (χ2v) is 5.84. The molecule has 0 atom stereocenters. The average Bonchev–Trinajstić information content (AvgIpc) is 3.15. The number of carbonyl (C=O) groups excluding carboxylic acids is 1. The zero-order valence-electron chi connectivity index (χ0n) is 14.2. The van der Waals surface area contributed by atoms with Gasteiger partial charge in [0, 0.05) is 55.8 Å². The maximum absolute atomic E-state index is 12.4. The first-order valence-corrected chi connectivity index (χ1v) is 7.99. The van der Waals surface area contributed by atoms with E-state index in [2.05, 4.69) is 5.10 Å². The summed E-state index contributed by atoms with van der Waals surface area (Å²) in [6.07, 6.45) is 7.92. The summed E-state index contributed by atoms with van der Waals surface area (Å²) >= 11 is 0. The highest BCUT2D eigenvalue weighted by Gasteiger charge is 2.11. The van der Waals surface area contributed by atoms with E-state index >= 15 is 0 Å². The molecule has 1 aromatic carbocycles. The fourth-order valence-corrected chi connectivity index (χ4v) is 2.75. The van der Waals surface area contributed by atoms with Crippen molar-refractivity contribution in [2.75, 3.05) is 7.05 Å². The zero-order valence-corrected chi connectivity index (χ0v) is 14.2. The molecule has 2 aromatic heterocycles. The number of hydrogen-bond acceptors (Lipinski definition) is 3. The quantitative estimate of drug-likeness (QED) is 0.676. The number of hydrogen-bond donors (Lipinski definition) is 0. The number of carbonyl (C=O) groups is 1. The third-order valence-electron chi connectivity index (χ3n) is 3.98. The van der Waals surface area contributed by atoms with E-state index in [9.17, 15) is 4.79 Å². The predicted molar refractivity (Wildman–Crippen MR) is 94.3 cm³/mol. The number of likely N-dealkylation sites (N-methyl/N-ethyl adjacent to an activating group) is 1. The van der Waals surface area contributed by atoms with E-state index in [0.29, 0.717) is 6.54 Å². The highest BCUT2D eigenvalue weighted by Crippen LogP contribution is 2.27.